The molecule has 1 amide bonds. The molecule has 1 aromatic carbocycles. The van der Waals surface area contributed by atoms with Gasteiger partial charge in [0.1, 0.15) is 11.6 Å². The van der Waals surface area contributed by atoms with Crippen LogP contribution < -0.4 is 20.9 Å². The second kappa shape index (κ2) is 10.3. The van der Waals surface area contributed by atoms with Crippen molar-refractivity contribution in [2.24, 2.45) is 5.92 Å². The number of phenolic OH excluding ortho intramolecular Hbond substituents is 1. The van der Waals surface area contributed by atoms with Crippen LogP contribution >= 0.6 is 0 Å². The van der Waals surface area contributed by atoms with Crippen molar-refractivity contribution in [1.82, 2.24) is 40.1 Å². The zero-order chi connectivity index (χ0) is 28.6. The van der Waals surface area contributed by atoms with Crippen LogP contribution in [0.4, 0.5) is 17.3 Å². The van der Waals surface area contributed by atoms with Crippen LogP contribution in [0.3, 0.4) is 0 Å². The van der Waals surface area contributed by atoms with Crippen molar-refractivity contribution < 1.29 is 9.90 Å². The first-order chi connectivity index (χ1) is 20.5. The fourth-order valence-electron chi connectivity index (χ4n) is 5.41. The molecule has 0 radical (unpaired) electrons. The lowest BCUT2D eigenvalue weighted by Crippen LogP contribution is -2.56. The summed E-state index contributed by atoms with van der Waals surface area (Å²) < 4.78 is 1.54. The minimum Gasteiger partial charge on any atom is -0.507 e. The number of hydrogen-bond donors (Lipinski definition) is 3. The van der Waals surface area contributed by atoms with Crippen LogP contribution in [0, 0.1) is 17.8 Å². The molecular formula is C29H25N11O2. The van der Waals surface area contributed by atoms with Gasteiger partial charge >= 0.3 is 0 Å². The summed E-state index contributed by atoms with van der Waals surface area (Å²) in [5.41, 5.74) is 9.08. The molecule has 4 aromatic heterocycles. The predicted molar refractivity (Wildman–Crippen MR) is 155 cm³/mol. The summed E-state index contributed by atoms with van der Waals surface area (Å²) in [7, 11) is 0. The predicted octanol–water partition coefficient (Wildman–Crippen LogP) is 1.37. The van der Waals surface area contributed by atoms with Crippen LogP contribution in [0.25, 0.3) is 16.9 Å². The number of rotatable bonds is 5. The van der Waals surface area contributed by atoms with Crippen LogP contribution in [0.1, 0.15) is 16.3 Å². The Labute approximate surface area is 240 Å². The highest BCUT2D eigenvalue weighted by Gasteiger charge is 2.47. The van der Waals surface area contributed by atoms with Crippen LogP contribution in [0.15, 0.2) is 67.1 Å². The number of nitrogen functional groups attached to an aromatic ring is 1. The van der Waals surface area contributed by atoms with Crippen LogP contribution in [0.2, 0.25) is 0 Å². The van der Waals surface area contributed by atoms with Crippen LogP contribution in [-0.2, 0) is 0 Å². The number of fused-ring (bicyclic) bond motifs is 2. The number of phenols is 1. The number of nitrogens with zero attached hydrogens (tertiary/aromatic N) is 9. The smallest absolute Gasteiger partial charge is 0.272 e. The highest BCUT2D eigenvalue weighted by atomic mass is 16.3. The fraction of sp³-hybridized carbons (Fsp3) is 0.207. The molecule has 0 unspecified atom stereocenters. The summed E-state index contributed by atoms with van der Waals surface area (Å²) in [6.07, 6.45) is 5.06. The van der Waals surface area contributed by atoms with Gasteiger partial charge in [-0.3, -0.25) is 4.79 Å². The number of aromatic nitrogens is 7. The molecule has 0 aliphatic carbocycles. The molecule has 0 saturated carbocycles. The van der Waals surface area contributed by atoms with Gasteiger partial charge < -0.3 is 26.0 Å². The van der Waals surface area contributed by atoms with Gasteiger partial charge in [-0.2, -0.15) is 5.10 Å². The molecule has 0 spiro atoms. The van der Waals surface area contributed by atoms with E-state index in [2.05, 4.69) is 57.2 Å². The van der Waals surface area contributed by atoms with Crippen molar-refractivity contribution in [3.05, 3.63) is 78.6 Å². The van der Waals surface area contributed by atoms with Gasteiger partial charge in [0, 0.05) is 55.8 Å². The van der Waals surface area contributed by atoms with Gasteiger partial charge in [0.15, 0.2) is 17.2 Å². The van der Waals surface area contributed by atoms with E-state index in [0.717, 1.165) is 31.1 Å². The first-order valence-corrected chi connectivity index (χ1v) is 13.4. The topological polar surface area (TPSA) is 164 Å². The zero-order valence-electron chi connectivity index (χ0n) is 22.3. The van der Waals surface area contributed by atoms with E-state index in [1.165, 1.54) is 0 Å². The van der Waals surface area contributed by atoms with Gasteiger partial charge in [-0.15, -0.1) is 10.2 Å². The Hall–Kier alpha value is -5.77. The molecule has 2 atom stereocenters. The highest BCUT2D eigenvalue weighted by molar-refractivity contribution is 5.93. The minimum absolute atomic E-state index is 0.126. The number of nitrogens with one attached hydrogen (secondary N) is 1. The Morgan fingerprint density at radius 3 is 2.86 bits per heavy atom. The van der Waals surface area contributed by atoms with Gasteiger partial charge in [-0.25, -0.2) is 19.5 Å². The summed E-state index contributed by atoms with van der Waals surface area (Å²) in [4.78, 5) is 30.0. The average Bonchev–Trinajstić information content (AvgIpc) is 3.58. The lowest BCUT2D eigenvalue weighted by atomic mass is 9.91. The van der Waals surface area contributed by atoms with E-state index >= 15 is 0 Å². The van der Waals surface area contributed by atoms with E-state index < -0.39 is 0 Å². The molecule has 2 saturated heterocycles. The van der Waals surface area contributed by atoms with E-state index in [4.69, 9.17) is 5.73 Å². The molecule has 5 aromatic rings. The number of carbonyl (C=O) groups excluding carboxylic acids is 1. The molecule has 4 N–H and O–H groups in total. The van der Waals surface area contributed by atoms with E-state index in [0.29, 0.717) is 34.5 Å². The zero-order valence-corrected chi connectivity index (χ0v) is 22.3. The summed E-state index contributed by atoms with van der Waals surface area (Å²) in [5, 5.41) is 25.6. The third-order valence-corrected chi connectivity index (χ3v) is 7.50. The number of aromatic hydroxyl groups is 1. The molecule has 0 bridgehead atoms. The van der Waals surface area contributed by atoms with Gasteiger partial charge in [0.25, 0.3) is 5.91 Å². The number of hydrogen-bond acceptors (Lipinski definition) is 11. The van der Waals surface area contributed by atoms with E-state index in [-0.39, 0.29) is 29.9 Å². The normalized spacial score (nSPS) is 17.3. The van der Waals surface area contributed by atoms with Crippen molar-refractivity contribution in [3.63, 3.8) is 0 Å². The highest BCUT2D eigenvalue weighted by Crippen LogP contribution is 2.41. The molecule has 208 valence electrons. The van der Waals surface area contributed by atoms with E-state index in [1.54, 1.807) is 53.4 Å². The molecular weight excluding hydrogens is 534 g/mol. The SMILES string of the molecule is Nc1nnc(-c2ccccc2O)cc1N1C[C@@H]2CN(c3ccnc(C#CCNC(=O)c4cc5ncccn5n4)n3)C[C@@H]21. The number of benzene rings is 1. The quantitative estimate of drug-likeness (QED) is 0.267. The Morgan fingerprint density at radius 1 is 1.07 bits per heavy atom. The van der Waals surface area contributed by atoms with Crippen molar-refractivity contribution in [2.75, 3.05) is 41.7 Å². The second-order valence-corrected chi connectivity index (χ2v) is 10.1. The number of para-hydroxylation sites is 1. The molecule has 42 heavy (non-hydrogen) atoms. The lowest BCUT2D eigenvalue weighted by Gasteiger charge is -2.45. The van der Waals surface area contributed by atoms with Crippen LogP contribution in [0.5, 0.6) is 5.75 Å². The van der Waals surface area contributed by atoms with Crippen molar-refractivity contribution in [3.8, 4) is 28.8 Å². The maximum absolute atomic E-state index is 12.4. The number of nitrogens with two attached hydrogens (primary N) is 1. The maximum atomic E-state index is 12.4. The summed E-state index contributed by atoms with van der Waals surface area (Å²) in [6.45, 7) is 2.56. The third kappa shape index (κ3) is 4.64. The molecule has 2 aliphatic rings. The van der Waals surface area contributed by atoms with Gasteiger partial charge in [0.2, 0.25) is 5.82 Å². The van der Waals surface area contributed by atoms with Crippen molar-refractivity contribution in [1.29, 1.82) is 0 Å². The Morgan fingerprint density at radius 2 is 1.98 bits per heavy atom. The average molecular weight is 560 g/mol. The van der Waals surface area contributed by atoms with Crippen LogP contribution in [-0.4, -0.2) is 78.0 Å². The monoisotopic (exact) mass is 559 g/mol. The minimum atomic E-state index is -0.334. The van der Waals surface area contributed by atoms with Gasteiger partial charge in [-0.1, -0.05) is 18.1 Å². The standard InChI is InChI=1S/C29H25N11O2/c30-28-22(13-20(35-36-28)19-5-1-2-6-24(19)41)39-16-18-15-38(17-23(18)39)26-8-11-31-25(34-26)7-3-9-33-29(42)21-14-27-32-10-4-12-40(27)37-21/h1-2,4-6,8,10-14,18,23,41H,9,15-17H2,(H2,30,36)(H,33,42)/t18-,23-/m0/s1. The molecule has 7 rings (SSSR count). The summed E-state index contributed by atoms with van der Waals surface area (Å²) >= 11 is 0. The third-order valence-electron chi connectivity index (χ3n) is 7.50. The molecule has 2 fully saturated rings. The second-order valence-electron chi connectivity index (χ2n) is 10.1. The molecule has 2 aliphatic heterocycles. The fourth-order valence-corrected chi connectivity index (χ4v) is 5.41. The van der Waals surface area contributed by atoms with E-state index in [9.17, 15) is 9.90 Å². The largest absolute Gasteiger partial charge is 0.507 e. The summed E-state index contributed by atoms with van der Waals surface area (Å²) in [6, 6.07) is 14.4. The van der Waals surface area contributed by atoms with Crippen molar-refractivity contribution in [2.45, 2.75) is 6.04 Å². The Kier molecular flexibility index (Phi) is 6.20. The molecule has 13 nitrogen and oxygen atoms in total. The maximum Gasteiger partial charge on any atom is 0.272 e. The number of anilines is 3. The van der Waals surface area contributed by atoms with Crippen molar-refractivity contribution >= 4 is 28.9 Å². The lowest BCUT2D eigenvalue weighted by molar-refractivity contribution is 0.0953. The number of carbonyl (C=O) groups is 1. The Bertz CT molecular complexity index is 1850. The first-order valence-electron chi connectivity index (χ1n) is 13.4. The first kappa shape index (κ1) is 25.2. The molecule has 6 heterocycles. The van der Waals surface area contributed by atoms with E-state index in [1.807, 2.05) is 18.2 Å². The Balaban J connectivity index is 0.998. The summed E-state index contributed by atoms with van der Waals surface area (Å²) in [5.74, 6) is 7.63. The number of amides is 1. The van der Waals surface area contributed by atoms with Gasteiger partial charge in [-0.05, 0) is 36.3 Å². The van der Waals surface area contributed by atoms with Gasteiger partial charge in [0.05, 0.1) is 24.0 Å². The molecule has 13 heteroatoms.